The molecular formula is C18H24N2O3. The number of nitrogens with one attached hydrogen (secondary N) is 1. The topological polar surface area (TPSA) is 58.6 Å². The summed E-state index contributed by atoms with van der Waals surface area (Å²) in [7, 11) is 0. The van der Waals surface area contributed by atoms with Crippen LogP contribution in [-0.4, -0.2) is 48.9 Å². The zero-order valence-corrected chi connectivity index (χ0v) is 13.4. The summed E-state index contributed by atoms with van der Waals surface area (Å²) in [6, 6.07) is 10.4. The molecule has 1 aliphatic carbocycles. The third kappa shape index (κ3) is 4.62. The fourth-order valence-electron chi connectivity index (χ4n) is 3.11. The number of hydrogen-bond donors (Lipinski definition) is 1. The van der Waals surface area contributed by atoms with Crippen LogP contribution >= 0.6 is 0 Å². The van der Waals surface area contributed by atoms with Gasteiger partial charge in [0.05, 0.1) is 12.0 Å². The van der Waals surface area contributed by atoms with Crippen LogP contribution in [0.3, 0.4) is 0 Å². The lowest BCUT2D eigenvalue weighted by atomic mass is 9.83. The molecule has 1 aromatic carbocycles. The molecule has 5 nitrogen and oxygen atoms in total. The molecule has 3 rings (SSSR count). The van der Waals surface area contributed by atoms with E-state index in [0.29, 0.717) is 19.4 Å². The van der Waals surface area contributed by atoms with E-state index in [4.69, 9.17) is 4.74 Å². The van der Waals surface area contributed by atoms with Gasteiger partial charge in [-0.2, -0.15) is 0 Å². The van der Waals surface area contributed by atoms with Crippen molar-refractivity contribution in [2.24, 2.45) is 5.92 Å². The van der Waals surface area contributed by atoms with Crippen LogP contribution in [0.25, 0.3) is 0 Å². The average molecular weight is 316 g/mol. The van der Waals surface area contributed by atoms with Crippen molar-refractivity contribution in [3.05, 3.63) is 35.9 Å². The number of nitrogens with zero attached hydrogens (tertiary/aromatic N) is 1. The van der Waals surface area contributed by atoms with Crippen molar-refractivity contribution in [1.82, 2.24) is 10.2 Å². The second kappa shape index (κ2) is 7.70. The molecule has 2 fully saturated rings. The molecule has 1 aromatic rings. The van der Waals surface area contributed by atoms with Crippen molar-refractivity contribution in [2.45, 2.75) is 31.9 Å². The number of carbonyl (C=O) groups excluding carboxylic acids is 2. The van der Waals surface area contributed by atoms with Gasteiger partial charge < -0.3 is 10.1 Å². The first-order valence-electron chi connectivity index (χ1n) is 8.38. The van der Waals surface area contributed by atoms with E-state index in [2.05, 4.69) is 34.5 Å². The van der Waals surface area contributed by atoms with E-state index >= 15 is 0 Å². The van der Waals surface area contributed by atoms with Crippen molar-refractivity contribution in [3.8, 4) is 0 Å². The van der Waals surface area contributed by atoms with Gasteiger partial charge in [-0.05, 0) is 12.0 Å². The van der Waals surface area contributed by atoms with Gasteiger partial charge in [-0.3, -0.25) is 14.5 Å². The monoisotopic (exact) mass is 316 g/mol. The summed E-state index contributed by atoms with van der Waals surface area (Å²) < 4.78 is 5.85. The zero-order valence-electron chi connectivity index (χ0n) is 13.4. The van der Waals surface area contributed by atoms with Crippen molar-refractivity contribution < 1.29 is 14.3 Å². The average Bonchev–Trinajstić information content (AvgIpc) is 2.76. The number of Topliss-reactive ketones (excluding diaryl/α,β-unsaturated/α-hetero) is 1. The molecule has 2 aliphatic rings. The smallest absolute Gasteiger partial charge is 0.224 e. The maximum Gasteiger partial charge on any atom is 0.224 e. The van der Waals surface area contributed by atoms with Crippen LogP contribution < -0.4 is 5.32 Å². The molecule has 1 unspecified atom stereocenters. The SMILES string of the molecule is O=C1CC(C(=O)NCC2CN(Cc3ccccc3)CCCO2)C1. The molecule has 1 saturated heterocycles. The molecule has 0 spiro atoms. The number of benzene rings is 1. The summed E-state index contributed by atoms with van der Waals surface area (Å²) in [4.78, 5) is 25.3. The first-order chi connectivity index (χ1) is 11.2. The van der Waals surface area contributed by atoms with E-state index in [1.807, 2.05) is 6.07 Å². The van der Waals surface area contributed by atoms with E-state index in [0.717, 1.165) is 32.7 Å². The Morgan fingerprint density at radius 1 is 1.26 bits per heavy atom. The number of amides is 1. The fourth-order valence-corrected chi connectivity index (χ4v) is 3.11. The van der Waals surface area contributed by atoms with Crippen molar-refractivity contribution >= 4 is 11.7 Å². The van der Waals surface area contributed by atoms with Gasteiger partial charge in [0.2, 0.25) is 5.91 Å². The molecule has 1 atom stereocenters. The highest BCUT2D eigenvalue weighted by Crippen LogP contribution is 2.22. The predicted molar refractivity (Wildman–Crippen MR) is 86.8 cm³/mol. The largest absolute Gasteiger partial charge is 0.375 e. The van der Waals surface area contributed by atoms with E-state index in [9.17, 15) is 9.59 Å². The lowest BCUT2D eigenvalue weighted by Crippen LogP contribution is -2.44. The molecular weight excluding hydrogens is 292 g/mol. The summed E-state index contributed by atoms with van der Waals surface area (Å²) in [5, 5.41) is 2.94. The molecule has 1 aliphatic heterocycles. The highest BCUT2D eigenvalue weighted by Gasteiger charge is 2.33. The Labute approximate surface area is 137 Å². The predicted octanol–water partition coefficient (Wildman–Crippen LogP) is 1.37. The third-order valence-corrected chi connectivity index (χ3v) is 4.51. The number of carbonyl (C=O) groups is 2. The molecule has 0 radical (unpaired) electrons. The van der Waals surface area contributed by atoms with Crippen LogP contribution in [0, 0.1) is 5.92 Å². The molecule has 5 heteroatoms. The normalized spacial score (nSPS) is 23.1. The van der Waals surface area contributed by atoms with E-state index in [1.54, 1.807) is 0 Å². The molecule has 124 valence electrons. The quantitative estimate of drug-likeness (QED) is 0.891. The van der Waals surface area contributed by atoms with E-state index in [-0.39, 0.29) is 23.7 Å². The highest BCUT2D eigenvalue weighted by atomic mass is 16.5. The Balaban J connectivity index is 1.47. The maximum atomic E-state index is 11.9. The summed E-state index contributed by atoms with van der Waals surface area (Å²) in [5.74, 6) is 0.0608. The van der Waals surface area contributed by atoms with Crippen molar-refractivity contribution in [3.63, 3.8) is 0 Å². The highest BCUT2D eigenvalue weighted by molar-refractivity contribution is 5.96. The van der Waals surface area contributed by atoms with Gasteiger partial charge >= 0.3 is 0 Å². The van der Waals surface area contributed by atoms with Gasteiger partial charge in [-0.25, -0.2) is 0 Å². The number of ketones is 1. The molecule has 1 heterocycles. The van der Waals surface area contributed by atoms with Crippen LogP contribution in [0.5, 0.6) is 0 Å². The molecule has 1 amide bonds. The van der Waals surface area contributed by atoms with Gasteiger partial charge in [0.15, 0.2) is 0 Å². The number of hydrogen-bond acceptors (Lipinski definition) is 4. The Kier molecular flexibility index (Phi) is 5.41. The van der Waals surface area contributed by atoms with Crippen LogP contribution in [0.2, 0.25) is 0 Å². The maximum absolute atomic E-state index is 11.9. The van der Waals surface area contributed by atoms with Crippen LogP contribution in [-0.2, 0) is 20.9 Å². The van der Waals surface area contributed by atoms with Gasteiger partial charge in [-0.1, -0.05) is 30.3 Å². The second-order valence-corrected chi connectivity index (χ2v) is 6.46. The first-order valence-corrected chi connectivity index (χ1v) is 8.38. The molecule has 1 saturated carbocycles. The minimum atomic E-state index is -0.117. The molecule has 0 aromatic heterocycles. The molecule has 1 N–H and O–H groups in total. The fraction of sp³-hybridized carbons (Fsp3) is 0.556. The Morgan fingerprint density at radius 2 is 2.04 bits per heavy atom. The Morgan fingerprint density at radius 3 is 2.78 bits per heavy atom. The van der Waals surface area contributed by atoms with Crippen LogP contribution in [0.1, 0.15) is 24.8 Å². The van der Waals surface area contributed by atoms with Crippen molar-refractivity contribution in [2.75, 3.05) is 26.2 Å². The number of ether oxygens (including phenoxy) is 1. The third-order valence-electron chi connectivity index (χ3n) is 4.51. The molecule has 23 heavy (non-hydrogen) atoms. The lowest BCUT2D eigenvalue weighted by molar-refractivity contribution is -0.138. The van der Waals surface area contributed by atoms with Gasteiger partial charge in [0, 0.05) is 45.6 Å². The van der Waals surface area contributed by atoms with E-state index < -0.39 is 0 Å². The number of rotatable bonds is 5. The lowest BCUT2D eigenvalue weighted by Gasteiger charge is -2.26. The standard InChI is InChI=1S/C18H24N2O3/c21-16-9-15(10-16)18(22)19-11-17-13-20(7-4-8-23-17)12-14-5-2-1-3-6-14/h1-3,5-6,15,17H,4,7-13H2,(H,19,22). The Hall–Kier alpha value is -1.72. The first kappa shape index (κ1) is 16.1. The molecule has 0 bridgehead atoms. The summed E-state index contributed by atoms with van der Waals surface area (Å²) in [6.07, 6.45) is 1.82. The summed E-state index contributed by atoms with van der Waals surface area (Å²) in [6.45, 7) is 3.99. The summed E-state index contributed by atoms with van der Waals surface area (Å²) in [5.41, 5.74) is 1.30. The Bertz CT molecular complexity index is 538. The minimum absolute atomic E-state index is 0.00736. The zero-order chi connectivity index (χ0) is 16.1. The van der Waals surface area contributed by atoms with Crippen molar-refractivity contribution in [1.29, 1.82) is 0 Å². The van der Waals surface area contributed by atoms with Gasteiger partial charge in [-0.15, -0.1) is 0 Å². The summed E-state index contributed by atoms with van der Waals surface area (Å²) >= 11 is 0. The minimum Gasteiger partial charge on any atom is -0.375 e. The van der Waals surface area contributed by atoms with Gasteiger partial charge in [0.25, 0.3) is 0 Å². The van der Waals surface area contributed by atoms with Gasteiger partial charge in [0.1, 0.15) is 5.78 Å². The van der Waals surface area contributed by atoms with Crippen LogP contribution in [0.4, 0.5) is 0 Å². The van der Waals surface area contributed by atoms with Crippen LogP contribution in [0.15, 0.2) is 30.3 Å². The van der Waals surface area contributed by atoms with E-state index in [1.165, 1.54) is 5.56 Å². The second-order valence-electron chi connectivity index (χ2n) is 6.46.